The highest BCUT2D eigenvalue weighted by Crippen LogP contribution is 2.33. The Morgan fingerprint density at radius 1 is 0.970 bits per heavy atom. The first-order chi connectivity index (χ1) is 15.7. The van der Waals surface area contributed by atoms with Crippen LogP contribution in [0.3, 0.4) is 0 Å². The number of nitrogens with zero attached hydrogens (tertiary/aromatic N) is 3. The predicted octanol–water partition coefficient (Wildman–Crippen LogP) is 5.01. The van der Waals surface area contributed by atoms with E-state index >= 15 is 0 Å². The summed E-state index contributed by atoms with van der Waals surface area (Å²) in [7, 11) is -0.725. The van der Waals surface area contributed by atoms with Crippen LogP contribution in [0.1, 0.15) is 27.0 Å². The summed E-state index contributed by atoms with van der Waals surface area (Å²) in [6.45, 7) is 4.38. The lowest BCUT2D eigenvalue weighted by atomic mass is 10.1. The van der Waals surface area contributed by atoms with E-state index in [0.29, 0.717) is 17.2 Å². The van der Waals surface area contributed by atoms with Crippen molar-refractivity contribution in [3.63, 3.8) is 0 Å². The molecular weight excluding hydrogens is 454 g/mol. The number of amides is 1. The zero-order valence-electron chi connectivity index (χ0n) is 18.9. The van der Waals surface area contributed by atoms with Crippen LogP contribution in [0.25, 0.3) is 10.2 Å². The number of thiazole rings is 1. The third-order valence-electron chi connectivity index (χ3n) is 5.33. The van der Waals surface area contributed by atoms with E-state index in [1.54, 1.807) is 17.0 Å². The molecule has 0 aliphatic heterocycles. The van der Waals surface area contributed by atoms with Gasteiger partial charge in [0.05, 0.1) is 21.7 Å². The smallest absolute Gasteiger partial charge is 0.260 e. The molecule has 170 valence electrons. The standard InChI is InChI=1S/C25H25N3O3S2/c1-17-13-18(2)23-22(14-17)26-25(32-23)28(16-19-9-6-5-7-10-19)24(29)20-11-8-12-21(15-20)33(30,31)27(3)4/h5-15H,16H2,1-4H3. The first-order valence-electron chi connectivity index (χ1n) is 10.4. The topological polar surface area (TPSA) is 70.6 Å². The van der Waals surface area contributed by atoms with Crippen LogP contribution in [0, 0.1) is 13.8 Å². The lowest BCUT2D eigenvalue weighted by Crippen LogP contribution is -2.30. The van der Waals surface area contributed by atoms with Crippen LogP contribution < -0.4 is 4.90 Å². The van der Waals surface area contributed by atoms with Crippen LogP contribution in [0.5, 0.6) is 0 Å². The average molecular weight is 480 g/mol. The molecule has 0 saturated heterocycles. The van der Waals surface area contributed by atoms with Gasteiger partial charge in [0.15, 0.2) is 5.13 Å². The van der Waals surface area contributed by atoms with Crippen LogP contribution in [0.4, 0.5) is 5.13 Å². The molecule has 0 bridgehead atoms. The Morgan fingerprint density at radius 2 is 1.70 bits per heavy atom. The number of rotatable bonds is 6. The van der Waals surface area contributed by atoms with E-state index in [0.717, 1.165) is 31.2 Å². The fourth-order valence-electron chi connectivity index (χ4n) is 3.63. The number of anilines is 1. The van der Waals surface area contributed by atoms with Gasteiger partial charge in [-0.15, -0.1) is 0 Å². The molecule has 0 radical (unpaired) electrons. The summed E-state index contributed by atoms with van der Waals surface area (Å²) >= 11 is 1.47. The number of carbonyl (C=O) groups is 1. The molecule has 0 unspecified atom stereocenters. The molecule has 0 atom stereocenters. The Morgan fingerprint density at radius 3 is 2.39 bits per heavy atom. The quantitative estimate of drug-likeness (QED) is 0.390. The second-order valence-electron chi connectivity index (χ2n) is 8.12. The van der Waals surface area contributed by atoms with Crippen molar-refractivity contribution in [2.45, 2.75) is 25.3 Å². The minimum atomic E-state index is -3.66. The van der Waals surface area contributed by atoms with Crippen molar-refractivity contribution < 1.29 is 13.2 Å². The molecule has 0 saturated carbocycles. The molecule has 1 heterocycles. The number of aromatic nitrogens is 1. The second-order valence-corrected chi connectivity index (χ2v) is 11.2. The molecule has 1 amide bonds. The second kappa shape index (κ2) is 9.05. The number of hydrogen-bond acceptors (Lipinski definition) is 5. The average Bonchev–Trinajstić information content (AvgIpc) is 3.22. The summed E-state index contributed by atoms with van der Waals surface area (Å²) in [4.78, 5) is 20.2. The Balaban J connectivity index is 1.81. The van der Waals surface area contributed by atoms with Crippen molar-refractivity contribution >= 4 is 42.6 Å². The minimum absolute atomic E-state index is 0.0776. The number of sulfonamides is 1. The Kier molecular flexibility index (Phi) is 6.34. The van der Waals surface area contributed by atoms with Crippen molar-refractivity contribution in [3.05, 3.63) is 89.0 Å². The van der Waals surface area contributed by atoms with Crippen molar-refractivity contribution in [2.24, 2.45) is 0 Å². The van der Waals surface area contributed by atoms with Gasteiger partial charge in [-0.3, -0.25) is 9.69 Å². The maximum Gasteiger partial charge on any atom is 0.260 e. The van der Waals surface area contributed by atoms with Gasteiger partial charge in [-0.1, -0.05) is 53.8 Å². The minimum Gasteiger partial charge on any atom is -0.279 e. The number of benzene rings is 3. The normalized spacial score (nSPS) is 11.8. The molecule has 4 aromatic rings. The van der Waals surface area contributed by atoms with Gasteiger partial charge in [0.2, 0.25) is 10.0 Å². The lowest BCUT2D eigenvalue weighted by Gasteiger charge is -2.21. The van der Waals surface area contributed by atoms with E-state index < -0.39 is 10.0 Å². The summed E-state index contributed by atoms with van der Waals surface area (Å²) in [5.41, 5.74) is 4.32. The lowest BCUT2D eigenvalue weighted by molar-refractivity contribution is 0.0985. The molecule has 8 heteroatoms. The van der Waals surface area contributed by atoms with Crippen LogP contribution in [-0.4, -0.2) is 37.7 Å². The summed E-state index contributed by atoms with van der Waals surface area (Å²) in [6, 6.07) is 20.0. The molecule has 3 aromatic carbocycles. The number of carbonyl (C=O) groups excluding carboxylic acids is 1. The first-order valence-corrected chi connectivity index (χ1v) is 12.7. The highest BCUT2D eigenvalue weighted by Gasteiger charge is 2.25. The highest BCUT2D eigenvalue weighted by atomic mass is 32.2. The van der Waals surface area contributed by atoms with E-state index in [1.165, 1.54) is 37.6 Å². The maximum atomic E-state index is 13.7. The predicted molar refractivity (Wildman–Crippen MR) is 133 cm³/mol. The van der Waals surface area contributed by atoms with Gasteiger partial charge in [0.25, 0.3) is 5.91 Å². The fraction of sp³-hybridized carbons (Fsp3) is 0.200. The zero-order chi connectivity index (χ0) is 23.8. The molecule has 0 aliphatic carbocycles. The third-order valence-corrected chi connectivity index (χ3v) is 8.37. The molecule has 33 heavy (non-hydrogen) atoms. The van der Waals surface area contributed by atoms with Gasteiger partial charge in [0.1, 0.15) is 0 Å². The van der Waals surface area contributed by atoms with E-state index in [2.05, 4.69) is 6.07 Å². The number of aryl methyl sites for hydroxylation is 2. The van der Waals surface area contributed by atoms with Gasteiger partial charge in [0, 0.05) is 19.7 Å². The van der Waals surface area contributed by atoms with E-state index in [1.807, 2.05) is 50.2 Å². The van der Waals surface area contributed by atoms with E-state index in [9.17, 15) is 13.2 Å². The van der Waals surface area contributed by atoms with Gasteiger partial charge in [-0.2, -0.15) is 0 Å². The monoisotopic (exact) mass is 479 g/mol. The molecule has 6 nitrogen and oxygen atoms in total. The van der Waals surface area contributed by atoms with E-state index in [-0.39, 0.29) is 10.8 Å². The van der Waals surface area contributed by atoms with Crippen molar-refractivity contribution in [1.29, 1.82) is 0 Å². The van der Waals surface area contributed by atoms with Gasteiger partial charge in [-0.05, 0) is 54.8 Å². The molecule has 0 N–H and O–H groups in total. The number of fused-ring (bicyclic) bond motifs is 1. The third kappa shape index (κ3) is 4.68. The van der Waals surface area contributed by atoms with E-state index in [4.69, 9.17) is 4.98 Å². The maximum absolute atomic E-state index is 13.7. The fourth-order valence-corrected chi connectivity index (χ4v) is 5.59. The Hall–Kier alpha value is -3.07. The SMILES string of the molecule is Cc1cc(C)c2sc(N(Cc3ccccc3)C(=O)c3cccc(S(=O)(=O)N(C)C)c3)nc2c1. The summed E-state index contributed by atoms with van der Waals surface area (Å²) in [6.07, 6.45) is 0. The zero-order valence-corrected chi connectivity index (χ0v) is 20.6. The molecule has 0 spiro atoms. The molecule has 4 rings (SSSR count). The largest absolute Gasteiger partial charge is 0.279 e. The van der Waals surface area contributed by atoms with Crippen LogP contribution in [-0.2, 0) is 16.6 Å². The molecule has 0 fully saturated rings. The molecular formula is C25H25N3O3S2. The van der Waals surface area contributed by atoms with Gasteiger partial charge in [-0.25, -0.2) is 17.7 Å². The van der Waals surface area contributed by atoms with Gasteiger partial charge >= 0.3 is 0 Å². The van der Waals surface area contributed by atoms with Crippen LogP contribution in [0.15, 0.2) is 71.6 Å². The van der Waals surface area contributed by atoms with Crippen LogP contribution in [0.2, 0.25) is 0 Å². The summed E-state index contributed by atoms with van der Waals surface area (Å²) in [5.74, 6) is -0.303. The van der Waals surface area contributed by atoms with Crippen molar-refractivity contribution in [3.8, 4) is 0 Å². The Bertz CT molecular complexity index is 1430. The highest BCUT2D eigenvalue weighted by molar-refractivity contribution is 7.89. The van der Waals surface area contributed by atoms with Crippen molar-refractivity contribution in [1.82, 2.24) is 9.29 Å². The van der Waals surface area contributed by atoms with Crippen LogP contribution >= 0.6 is 11.3 Å². The van der Waals surface area contributed by atoms with Gasteiger partial charge < -0.3 is 0 Å². The number of hydrogen-bond donors (Lipinski definition) is 0. The molecule has 1 aromatic heterocycles. The summed E-state index contributed by atoms with van der Waals surface area (Å²) in [5, 5.41) is 0.577. The van der Waals surface area contributed by atoms with Crippen molar-refractivity contribution in [2.75, 3.05) is 19.0 Å². The summed E-state index contributed by atoms with van der Waals surface area (Å²) < 4.78 is 27.4. The Labute approximate surface area is 198 Å². The first kappa shape index (κ1) is 23.1. The molecule has 0 aliphatic rings.